The van der Waals surface area contributed by atoms with E-state index < -0.39 is 0 Å². The highest BCUT2D eigenvalue weighted by molar-refractivity contribution is 7.99. The van der Waals surface area contributed by atoms with Gasteiger partial charge in [0.05, 0.1) is 22.1 Å². The van der Waals surface area contributed by atoms with Crippen LogP contribution in [0.1, 0.15) is 5.56 Å². The summed E-state index contributed by atoms with van der Waals surface area (Å²) in [5.41, 5.74) is 8.60. The van der Waals surface area contributed by atoms with Crippen LogP contribution in [0.5, 0.6) is 0 Å². The first-order chi connectivity index (χ1) is 19.8. The maximum absolute atomic E-state index is 2.38. The number of hydrogen-bond acceptors (Lipinski definition) is 1. The number of nitrogens with zero attached hydrogens (tertiary/aromatic N) is 2. The maximum atomic E-state index is 2.38. The van der Waals surface area contributed by atoms with Gasteiger partial charge in [-0.3, -0.25) is 0 Å². The largest absolute Gasteiger partial charge is 0.309 e. The monoisotopic (exact) mass is 530 g/mol. The van der Waals surface area contributed by atoms with Crippen molar-refractivity contribution in [3.63, 3.8) is 0 Å². The lowest BCUT2D eigenvalue weighted by Crippen LogP contribution is -1.95. The molecule has 3 heteroatoms. The molecule has 0 fully saturated rings. The number of hydrogen-bond donors (Lipinski definition) is 0. The van der Waals surface area contributed by atoms with Crippen LogP contribution in [0.2, 0.25) is 0 Å². The summed E-state index contributed by atoms with van der Waals surface area (Å²) in [4.78, 5) is 2.51. The van der Waals surface area contributed by atoms with E-state index in [9.17, 15) is 0 Å². The summed E-state index contributed by atoms with van der Waals surface area (Å²) in [6.07, 6.45) is 0. The van der Waals surface area contributed by atoms with Gasteiger partial charge in [-0.1, -0.05) is 84.6 Å². The van der Waals surface area contributed by atoms with Crippen molar-refractivity contribution in [3.8, 4) is 11.4 Å². The van der Waals surface area contributed by atoms with Crippen LogP contribution in [0.15, 0.2) is 149 Å². The first kappa shape index (κ1) is 23.2. The zero-order chi connectivity index (χ0) is 26.6. The van der Waals surface area contributed by atoms with Crippen LogP contribution in [-0.2, 0) is 0 Å². The summed E-state index contributed by atoms with van der Waals surface area (Å²) in [6, 6.07) is 50.5. The Balaban J connectivity index is 1.14. The fraction of sp³-hybridized carbons (Fsp3) is 0.0270. The van der Waals surface area contributed by atoms with E-state index in [4.69, 9.17) is 0 Å². The molecule has 40 heavy (non-hydrogen) atoms. The number of aromatic nitrogens is 2. The van der Waals surface area contributed by atoms with Crippen LogP contribution in [0.3, 0.4) is 0 Å². The third kappa shape index (κ3) is 3.59. The molecule has 190 valence electrons. The highest BCUT2D eigenvalue weighted by Crippen LogP contribution is 2.37. The molecule has 0 radical (unpaired) electrons. The van der Waals surface area contributed by atoms with Crippen molar-refractivity contribution in [2.24, 2.45) is 0 Å². The normalized spacial score (nSPS) is 11.7. The number of benzene rings is 6. The van der Waals surface area contributed by atoms with Crippen LogP contribution in [0, 0.1) is 6.92 Å². The summed E-state index contributed by atoms with van der Waals surface area (Å²) in [5.74, 6) is 0. The molecule has 0 atom stereocenters. The Bertz CT molecular complexity index is 2090. The molecular weight excluding hydrogens is 504 g/mol. The van der Waals surface area contributed by atoms with E-state index >= 15 is 0 Å². The molecule has 8 aromatic rings. The molecule has 0 aliphatic heterocycles. The lowest BCUT2D eigenvalue weighted by molar-refractivity contribution is 1.15. The highest BCUT2D eigenvalue weighted by atomic mass is 32.2. The topological polar surface area (TPSA) is 9.86 Å². The molecule has 0 saturated heterocycles. The number of aryl methyl sites for hydroxylation is 1. The van der Waals surface area contributed by atoms with E-state index in [1.54, 1.807) is 0 Å². The van der Waals surface area contributed by atoms with Crippen molar-refractivity contribution in [1.82, 2.24) is 9.13 Å². The lowest BCUT2D eigenvalue weighted by Gasteiger charge is -2.12. The number of para-hydroxylation sites is 4. The van der Waals surface area contributed by atoms with Crippen molar-refractivity contribution < 1.29 is 0 Å². The van der Waals surface area contributed by atoms with Crippen molar-refractivity contribution >= 4 is 55.4 Å². The molecule has 0 saturated carbocycles. The lowest BCUT2D eigenvalue weighted by atomic mass is 10.2. The van der Waals surface area contributed by atoms with Gasteiger partial charge < -0.3 is 9.13 Å². The molecule has 0 N–H and O–H groups in total. The summed E-state index contributed by atoms with van der Waals surface area (Å²) < 4.78 is 4.75. The van der Waals surface area contributed by atoms with Gasteiger partial charge in [-0.2, -0.15) is 0 Å². The molecule has 8 rings (SSSR count). The standard InChI is InChI=1S/C37H26N2S/c1-25-24-27(39-35-16-8-4-12-31(35)32-13-5-9-17-36(32)39)20-23-37(25)40-28-21-18-26(19-22-28)38-33-14-6-2-10-29(33)30-11-3-7-15-34(30)38/h2-24H,1H3. The van der Waals surface area contributed by atoms with Gasteiger partial charge in [0.25, 0.3) is 0 Å². The minimum Gasteiger partial charge on any atom is -0.309 e. The van der Waals surface area contributed by atoms with Crippen molar-refractivity contribution in [3.05, 3.63) is 145 Å². The summed E-state index contributed by atoms with van der Waals surface area (Å²) in [5, 5.41) is 5.15. The molecule has 6 aromatic carbocycles. The zero-order valence-corrected chi connectivity index (χ0v) is 22.9. The molecule has 2 nitrogen and oxygen atoms in total. The molecule has 0 spiro atoms. The SMILES string of the molecule is Cc1cc(-n2c3ccccc3c3ccccc32)ccc1Sc1ccc(-n2c3ccccc3c3ccccc32)cc1. The van der Waals surface area contributed by atoms with E-state index in [1.165, 1.54) is 70.3 Å². The summed E-state index contributed by atoms with van der Waals surface area (Å²) >= 11 is 1.82. The summed E-state index contributed by atoms with van der Waals surface area (Å²) in [7, 11) is 0. The fourth-order valence-corrected chi connectivity index (χ4v) is 6.96. The molecule has 0 amide bonds. The van der Waals surface area contributed by atoms with Crippen LogP contribution in [0.4, 0.5) is 0 Å². The number of rotatable bonds is 4. The van der Waals surface area contributed by atoms with E-state index in [1.807, 2.05) is 11.8 Å². The van der Waals surface area contributed by atoms with E-state index in [-0.39, 0.29) is 0 Å². The van der Waals surface area contributed by atoms with E-state index in [2.05, 4.69) is 156 Å². The smallest absolute Gasteiger partial charge is 0.0541 e. The van der Waals surface area contributed by atoms with Crippen molar-refractivity contribution in [2.45, 2.75) is 16.7 Å². The van der Waals surface area contributed by atoms with Gasteiger partial charge in [-0.05, 0) is 79.2 Å². The first-order valence-electron chi connectivity index (χ1n) is 13.6. The van der Waals surface area contributed by atoms with Gasteiger partial charge in [-0.15, -0.1) is 0 Å². The van der Waals surface area contributed by atoms with E-state index in [0.29, 0.717) is 0 Å². The molecule has 0 bridgehead atoms. The average molecular weight is 531 g/mol. The van der Waals surface area contributed by atoms with Crippen molar-refractivity contribution in [2.75, 3.05) is 0 Å². The number of fused-ring (bicyclic) bond motifs is 6. The Kier molecular flexibility index (Phi) is 5.32. The maximum Gasteiger partial charge on any atom is 0.0541 e. The second kappa shape index (κ2) is 9.18. The van der Waals surface area contributed by atoms with Crippen LogP contribution in [-0.4, -0.2) is 9.13 Å². The van der Waals surface area contributed by atoms with Crippen LogP contribution in [0.25, 0.3) is 55.0 Å². The molecule has 0 aliphatic rings. The first-order valence-corrected chi connectivity index (χ1v) is 14.4. The van der Waals surface area contributed by atoms with Gasteiger partial charge in [-0.25, -0.2) is 0 Å². The molecule has 0 aliphatic carbocycles. The molecule has 2 aromatic heterocycles. The van der Waals surface area contributed by atoms with Gasteiger partial charge in [0, 0.05) is 42.7 Å². The minimum absolute atomic E-state index is 1.18. The Hall–Kier alpha value is -4.73. The van der Waals surface area contributed by atoms with E-state index in [0.717, 1.165) is 0 Å². The predicted molar refractivity (Wildman–Crippen MR) is 170 cm³/mol. The fourth-order valence-electron chi connectivity index (χ4n) is 6.08. The third-order valence-corrected chi connectivity index (χ3v) is 9.09. The quantitative estimate of drug-likeness (QED) is 0.220. The third-order valence-electron chi connectivity index (χ3n) is 7.90. The Labute approximate surface area is 237 Å². The molecule has 2 heterocycles. The minimum atomic E-state index is 1.18. The van der Waals surface area contributed by atoms with Gasteiger partial charge >= 0.3 is 0 Å². The Morgan fingerprint density at radius 3 is 1.27 bits per heavy atom. The van der Waals surface area contributed by atoms with Crippen LogP contribution >= 0.6 is 11.8 Å². The highest BCUT2D eigenvalue weighted by Gasteiger charge is 2.14. The predicted octanol–water partition coefficient (Wildman–Crippen LogP) is 10.3. The molecular formula is C37H26N2S. The van der Waals surface area contributed by atoms with Gasteiger partial charge in [0.15, 0.2) is 0 Å². The Morgan fingerprint density at radius 1 is 0.425 bits per heavy atom. The van der Waals surface area contributed by atoms with Gasteiger partial charge in [0.1, 0.15) is 0 Å². The van der Waals surface area contributed by atoms with Crippen molar-refractivity contribution in [1.29, 1.82) is 0 Å². The second-order valence-corrected chi connectivity index (χ2v) is 11.4. The second-order valence-electron chi connectivity index (χ2n) is 10.3. The van der Waals surface area contributed by atoms with Gasteiger partial charge in [0.2, 0.25) is 0 Å². The average Bonchev–Trinajstić information content (AvgIpc) is 3.52. The zero-order valence-electron chi connectivity index (χ0n) is 22.1. The Morgan fingerprint density at radius 2 is 0.825 bits per heavy atom. The van der Waals surface area contributed by atoms with Crippen LogP contribution < -0.4 is 0 Å². The summed E-state index contributed by atoms with van der Waals surface area (Å²) in [6.45, 7) is 2.21. The molecule has 0 unspecified atom stereocenters.